The lowest BCUT2D eigenvalue weighted by molar-refractivity contribution is -0.137. The Labute approximate surface area is 130 Å². The SMILES string of the molecule is CCNCC1CCN(C(=O)C(C)N2CCCCCC2)CC1. The third kappa shape index (κ3) is 4.96. The number of rotatable bonds is 5. The molecular weight excluding hydrogens is 262 g/mol. The second-order valence-corrected chi connectivity index (χ2v) is 6.70. The molecule has 0 aromatic heterocycles. The number of likely N-dealkylation sites (tertiary alicyclic amines) is 2. The Kier molecular flexibility index (Phi) is 6.97. The molecule has 1 N–H and O–H groups in total. The van der Waals surface area contributed by atoms with Gasteiger partial charge in [0.1, 0.15) is 0 Å². The molecule has 0 aliphatic carbocycles. The fourth-order valence-electron chi connectivity index (χ4n) is 3.61. The van der Waals surface area contributed by atoms with Gasteiger partial charge in [0, 0.05) is 13.1 Å². The van der Waals surface area contributed by atoms with Gasteiger partial charge in [0.2, 0.25) is 5.91 Å². The van der Waals surface area contributed by atoms with E-state index >= 15 is 0 Å². The van der Waals surface area contributed by atoms with Gasteiger partial charge in [-0.15, -0.1) is 0 Å². The summed E-state index contributed by atoms with van der Waals surface area (Å²) < 4.78 is 0. The predicted octanol–water partition coefficient (Wildman–Crippen LogP) is 2.10. The van der Waals surface area contributed by atoms with Crippen molar-refractivity contribution in [2.45, 2.75) is 58.4 Å². The highest BCUT2D eigenvalue weighted by atomic mass is 16.2. The second-order valence-electron chi connectivity index (χ2n) is 6.70. The minimum atomic E-state index is 0.0772. The molecule has 2 heterocycles. The molecule has 122 valence electrons. The molecule has 0 radical (unpaired) electrons. The van der Waals surface area contributed by atoms with Crippen LogP contribution in [-0.2, 0) is 4.79 Å². The number of nitrogens with one attached hydrogen (secondary N) is 1. The first-order chi connectivity index (χ1) is 10.2. The molecule has 1 amide bonds. The van der Waals surface area contributed by atoms with E-state index in [2.05, 4.69) is 29.0 Å². The number of hydrogen-bond donors (Lipinski definition) is 1. The maximum absolute atomic E-state index is 12.7. The molecule has 4 heteroatoms. The van der Waals surface area contributed by atoms with Crippen molar-refractivity contribution >= 4 is 5.91 Å². The van der Waals surface area contributed by atoms with Gasteiger partial charge >= 0.3 is 0 Å². The Bertz CT molecular complexity index is 305. The van der Waals surface area contributed by atoms with Crippen LogP contribution in [0, 0.1) is 5.92 Å². The van der Waals surface area contributed by atoms with E-state index in [-0.39, 0.29) is 6.04 Å². The summed E-state index contributed by atoms with van der Waals surface area (Å²) in [6.45, 7) is 10.5. The minimum absolute atomic E-state index is 0.0772. The summed E-state index contributed by atoms with van der Waals surface area (Å²) in [6, 6.07) is 0.0772. The smallest absolute Gasteiger partial charge is 0.239 e. The van der Waals surface area contributed by atoms with Crippen molar-refractivity contribution < 1.29 is 4.79 Å². The van der Waals surface area contributed by atoms with E-state index in [1.54, 1.807) is 0 Å². The van der Waals surface area contributed by atoms with E-state index in [0.717, 1.165) is 58.0 Å². The molecule has 0 aromatic rings. The van der Waals surface area contributed by atoms with E-state index in [1.165, 1.54) is 25.7 Å². The number of carbonyl (C=O) groups is 1. The molecular formula is C17H33N3O. The van der Waals surface area contributed by atoms with E-state index in [4.69, 9.17) is 0 Å². The van der Waals surface area contributed by atoms with Gasteiger partial charge in [-0.25, -0.2) is 0 Å². The summed E-state index contributed by atoms with van der Waals surface area (Å²) in [7, 11) is 0. The number of nitrogens with zero attached hydrogens (tertiary/aromatic N) is 2. The normalized spacial score (nSPS) is 23.8. The Hall–Kier alpha value is -0.610. The topological polar surface area (TPSA) is 35.6 Å². The van der Waals surface area contributed by atoms with Gasteiger partial charge < -0.3 is 10.2 Å². The maximum atomic E-state index is 12.7. The lowest BCUT2D eigenvalue weighted by Crippen LogP contribution is -2.50. The van der Waals surface area contributed by atoms with E-state index in [1.807, 2.05) is 0 Å². The molecule has 21 heavy (non-hydrogen) atoms. The first-order valence-corrected chi connectivity index (χ1v) is 8.96. The standard InChI is InChI=1S/C17H33N3O/c1-3-18-14-16-8-12-20(13-9-16)17(21)15(2)19-10-6-4-5-7-11-19/h15-16,18H,3-14H2,1-2H3. The van der Waals surface area contributed by atoms with Crippen LogP contribution in [0.15, 0.2) is 0 Å². The Morgan fingerprint density at radius 3 is 2.29 bits per heavy atom. The summed E-state index contributed by atoms with van der Waals surface area (Å²) in [5.74, 6) is 1.11. The molecule has 0 bridgehead atoms. The first kappa shape index (κ1) is 16.8. The molecule has 2 saturated heterocycles. The summed E-state index contributed by atoms with van der Waals surface area (Å²) in [4.78, 5) is 17.2. The Morgan fingerprint density at radius 1 is 1.10 bits per heavy atom. The summed E-state index contributed by atoms with van der Waals surface area (Å²) in [5, 5.41) is 3.43. The molecule has 1 unspecified atom stereocenters. The van der Waals surface area contributed by atoms with Gasteiger partial charge in [-0.2, -0.15) is 0 Å². The van der Waals surface area contributed by atoms with Crippen molar-refractivity contribution in [3.63, 3.8) is 0 Å². The average molecular weight is 295 g/mol. The van der Waals surface area contributed by atoms with E-state index < -0.39 is 0 Å². The Morgan fingerprint density at radius 2 is 1.71 bits per heavy atom. The minimum Gasteiger partial charge on any atom is -0.341 e. The third-order valence-electron chi connectivity index (χ3n) is 5.15. The highest BCUT2D eigenvalue weighted by molar-refractivity contribution is 5.81. The van der Waals surface area contributed by atoms with E-state index in [0.29, 0.717) is 5.91 Å². The van der Waals surface area contributed by atoms with Crippen LogP contribution in [0.5, 0.6) is 0 Å². The number of carbonyl (C=O) groups excluding carboxylic acids is 1. The molecule has 0 spiro atoms. The van der Waals surface area contributed by atoms with Gasteiger partial charge in [-0.1, -0.05) is 19.8 Å². The first-order valence-electron chi connectivity index (χ1n) is 8.96. The predicted molar refractivity (Wildman–Crippen MR) is 87.4 cm³/mol. The molecule has 2 aliphatic rings. The van der Waals surface area contributed by atoms with E-state index in [9.17, 15) is 4.79 Å². The highest BCUT2D eigenvalue weighted by Crippen LogP contribution is 2.19. The van der Waals surface area contributed by atoms with Gasteiger partial charge in [0.25, 0.3) is 0 Å². The second kappa shape index (κ2) is 8.74. The molecule has 2 aliphatic heterocycles. The largest absolute Gasteiger partial charge is 0.341 e. The molecule has 2 rings (SSSR count). The fourth-order valence-corrected chi connectivity index (χ4v) is 3.61. The molecule has 4 nitrogen and oxygen atoms in total. The van der Waals surface area contributed by atoms with Gasteiger partial charge in [-0.05, 0) is 64.7 Å². The van der Waals surface area contributed by atoms with Crippen LogP contribution in [0.1, 0.15) is 52.4 Å². The van der Waals surface area contributed by atoms with Crippen LogP contribution in [0.3, 0.4) is 0 Å². The Balaban J connectivity index is 1.77. The lowest BCUT2D eigenvalue weighted by atomic mass is 9.96. The number of amides is 1. The van der Waals surface area contributed by atoms with Crippen LogP contribution in [0.25, 0.3) is 0 Å². The molecule has 2 fully saturated rings. The fraction of sp³-hybridized carbons (Fsp3) is 0.941. The van der Waals surface area contributed by atoms with Gasteiger partial charge in [-0.3, -0.25) is 9.69 Å². The molecule has 0 saturated carbocycles. The average Bonchev–Trinajstić information content (AvgIpc) is 2.81. The van der Waals surface area contributed by atoms with Crippen LogP contribution in [0.4, 0.5) is 0 Å². The monoisotopic (exact) mass is 295 g/mol. The van der Waals surface area contributed by atoms with Crippen molar-refractivity contribution in [2.24, 2.45) is 5.92 Å². The van der Waals surface area contributed by atoms with Crippen LogP contribution in [-0.4, -0.2) is 61.0 Å². The van der Waals surface area contributed by atoms with Crippen LogP contribution in [0.2, 0.25) is 0 Å². The quantitative estimate of drug-likeness (QED) is 0.844. The van der Waals surface area contributed by atoms with Crippen molar-refractivity contribution in [1.29, 1.82) is 0 Å². The zero-order chi connectivity index (χ0) is 15.1. The van der Waals surface area contributed by atoms with Gasteiger partial charge in [0.05, 0.1) is 6.04 Å². The van der Waals surface area contributed by atoms with Crippen molar-refractivity contribution in [3.05, 3.63) is 0 Å². The summed E-state index contributed by atoms with van der Waals surface area (Å²) in [6.07, 6.45) is 7.47. The maximum Gasteiger partial charge on any atom is 0.239 e. The zero-order valence-electron chi connectivity index (χ0n) is 13.9. The van der Waals surface area contributed by atoms with Gasteiger partial charge in [0.15, 0.2) is 0 Å². The highest BCUT2D eigenvalue weighted by Gasteiger charge is 2.29. The van der Waals surface area contributed by atoms with Crippen molar-refractivity contribution in [2.75, 3.05) is 39.3 Å². The van der Waals surface area contributed by atoms with Crippen molar-refractivity contribution in [1.82, 2.24) is 15.1 Å². The van der Waals surface area contributed by atoms with Crippen LogP contribution < -0.4 is 5.32 Å². The van der Waals surface area contributed by atoms with Crippen LogP contribution >= 0.6 is 0 Å². The summed E-state index contributed by atoms with van der Waals surface area (Å²) in [5.41, 5.74) is 0. The molecule has 1 atom stereocenters. The van der Waals surface area contributed by atoms with Crippen molar-refractivity contribution in [3.8, 4) is 0 Å². The number of hydrogen-bond acceptors (Lipinski definition) is 3. The third-order valence-corrected chi connectivity index (χ3v) is 5.15. The molecule has 0 aromatic carbocycles. The lowest BCUT2D eigenvalue weighted by Gasteiger charge is -2.36. The summed E-state index contributed by atoms with van der Waals surface area (Å²) >= 11 is 0. The number of piperidine rings is 1. The zero-order valence-corrected chi connectivity index (χ0v) is 13.9.